The summed E-state index contributed by atoms with van der Waals surface area (Å²) in [6.45, 7) is 10.1. The van der Waals surface area contributed by atoms with E-state index in [9.17, 15) is 18.0 Å². The molecule has 0 N–H and O–H groups in total. The number of nitrogens with zero attached hydrogens (tertiary/aromatic N) is 1. The number of likely N-dealkylation sites (N-methyl/N-ethyl adjacent to an activating group) is 1. The van der Waals surface area contributed by atoms with Crippen LogP contribution in [0.2, 0.25) is 0 Å². The Labute approximate surface area is 384 Å². The van der Waals surface area contributed by atoms with Gasteiger partial charge in [-0.15, -0.1) is 13.2 Å². The van der Waals surface area contributed by atoms with E-state index in [1.54, 1.807) is 40.6 Å². The smallest absolute Gasteiger partial charge is 0.462 e. The summed E-state index contributed by atoms with van der Waals surface area (Å²) >= 11 is 0. The van der Waals surface area contributed by atoms with Crippen molar-refractivity contribution in [1.29, 1.82) is 0 Å². The van der Waals surface area contributed by atoms with Crippen LogP contribution in [0.4, 0.5) is 13.2 Å². The molecule has 0 radical (unpaired) electrons. The molecule has 0 bridgehead atoms. The second-order valence-electron chi connectivity index (χ2n) is 19.4. The van der Waals surface area contributed by atoms with Crippen molar-refractivity contribution in [3.63, 3.8) is 0 Å². The Morgan fingerprint density at radius 3 is 2.12 bits per heavy atom. The second-order valence-corrected chi connectivity index (χ2v) is 19.4. The van der Waals surface area contributed by atoms with E-state index in [-0.39, 0.29) is 84.0 Å². The molecule has 1 aromatic rings. The normalized spacial score (nSPS) is 34.3. The molecule has 3 aliphatic carbocycles. The number of carbonyl (C=O) groups is 2. The number of fused-ring (bicyclic) bond motifs is 5. The van der Waals surface area contributed by atoms with Gasteiger partial charge in [-0.3, -0.25) is 9.59 Å². The molecule has 2 heterocycles. The van der Waals surface area contributed by atoms with Crippen molar-refractivity contribution in [2.24, 2.45) is 41.4 Å². The highest BCUT2D eigenvalue weighted by Crippen LogP contribution is 2.58. The largest absolute Gasteiger partial charge is 0.573 e. The molecule has 1 aromatic carbocycles. The number of allylic oxidation sites excluding steroid dienone is 4. The minimum absolute atomic E-state index is 0.00714. The molecule has 65 heavy (non-hydrogen) atoms. The maximum absolute atomic E-state index is 15.2. The molecule has 2 aliphatic heterocycles. The molecular weight excluding hydrogens is 848 g/mol. The first-order valence-electron chi connectivity index (χ1n) is 23.7. The van der Waals surface area contributed by atoms with Crippen LogP contribution in [-0.4, -0.2) is 127 Å². The molecule has 7 unspecified atom stereocenters. The van der Waals surface area contributed by atoms with Gasteiger partial charge in [-0.25, -0.2) is 0 Å². The minimum Gasteiger partial charge on any atom is -0.462 e. The number of hydrogen-bond acceptors (Lipinski definition) is 12. The maximum atomic E-state index is 15.2. The number of ketones is 1. The van der Waals surface area contributed by atoms with Crippen LogP contribution in [0.25, 0.3) is 5.57 Å². The highest BCUT2D eigenvalue weighted by Gasteiger charge is 2.54. The first-order valence-corrected chi connectivity index (χ1v) is 23.7. The third-order valence-corrected chi connectivity index (χ3v) is 14.9. The highest BCUT2D eigenvalue weighted by molar-refractivity contribution is 5.99. The van der Waals surface area contributed by atoms with E-state index in [1.807, 2.05) is 27.7 Å². The van der Waals surface area contributed by atoms with Crippen LogP contribution in [-0.2, 0) is 47.5 Å². The fraction of sp³-hybridized carbons (Fsp3) is 0.760. The first kappa shape index (κ1) is 51.5. The van der Waals surface area contributed by atoms with E-state index >= 15 is 4.79 Å². The lowest BCUT2D eigenvalue weighted by Gasteiger charge is -2.40. The van der Waals surface area contributed by atoms with Crippen molar-refractivity contribution in [3.05, 3.63) is 47.6 Å². The highest BCUT2D eigenvalue weighted by atomic mass is 19.4. The molecule has 5 aliphatic rings. The Morgan fingerprint density at radius 2 is 1.54 bits per heavy atom. The van der Waals surface area contributed by atoms with E-state index < -0.39 is 49.1 Å². The fourth-order valence-corrected chi connectivity index (χ4v) is 11.7. The van der Waals surface area contributed by atoms with Crippen LogP contribution < -0.4 is 4.74 Å². The summed E-state index contributed by atoms with van der Waals surface area (Å²) in [6.07, 6.45) is 1.03. The van der Waals surface area contributed by atoms with Gasteiger partial charge in [0.2, 0.25) is 0 Å². The van der Waals surface area contributed by atoms with Gasteiger partial charge in [-0.1, -0.05) is 52.0 Å². The summed E-state index contributed by atoms with van der Waals surface area (Å²) in [5.41, 5.74) is 2.13. The molecule has 0 spiro atoms. The molecule has 0 aromatic heterocycles. The number of esters is 1. The number of methoxy groups -OCH3 is 4. The summed E-state index contributed by atoms with van der Waals surface area (Å²) in [5.74, 6) is -2.36. The summed E-state index contributed by atoms with van der Waals surface area (Å²) in [7, 11) is 10.5. The molecule has 12 nitrogen and oxygen atoms in total. The predicted octanol–water partition coefficient (Wildman–Crippen LogP) is 8.80. The number of Topliss-reactive ketones (excluding diaryl/α,β-unsaturated/α-hetero) is 1. The lowest BCUT2D eigenvalue weighted by atomic mass is 9.65. The molecule has 2 saturated heterocycles. The third kappa shape index (κ3) is 12.1. The van der Waals surface area contributed by atoms with Crippen LogP contribution in [0.1, 0.15) is 98.0 Å². The zero-order chi connectivity index (χ0) is 47.3. The second kappa shape index (κ2) is 22.5. The molecule has 6 rings (SSSR count). The average Bonchev–Trinajstić information content (AvgIpc) is 3.84. The Hall–Kier alpha value is -2.89. The minimum atomic E-state index is -4.85. The number of hydrogen-bond donors (Lipinski definition) is 0. The Morgan fingerprint density at radius 1 is 0.846 bits per heavy atom. The van der Waals surface area contributed by atoms with Crippen LogP contribution in [0, 0.1) is 41.4 Å². The molecular formula is C50H74F3NO11. The van der Waals surface area contributed by atoms with Gasteiger partial charge >= 0.3 is 12.3 Å². The number of alkyl halides is 3. The lowest BCUT2D eigenvalue weighted by Crippen LogP contribution is -2.51. The molecule has 15 heteroatoms. The standard InChI is InChI=1S/C50H74F3NO11/c1-12-32-14-13-15-41(64-43-21-20-40(54(6)7)29(5)61-43)28(4)45(56)39-25-37-35-24-34(63-49(60-11)48(59-10)47(58-9)46(57-8)27(2)3)22-31(35)23-36(44(37)38(39)26-42(55)62-32)30-16-18-33(19-17-30)65-50(51,52)53/h16-19,23,25,27-29,31-32,34-35,37-38,40-41,43-44,46-49H,12-15,20-22,24,26H2,1-11H3/t28-,29?,31?,32+,34-,35-,37+,38-,40+,41+,43+,44?,46?,47?,48?,49?/m1/s1. The Bertz CT molecular complexity index is 1790. The molecule has 16 atom stereocenters. The quantitative estimate of drug-likeness (QED) is 0.116. The number of cyclic esters (lactones) is 1. The number of ether oxygens (including phenoxy) is 9. The van der Waals surface area contributed by atoms with E-state index in [0.717, 1.165) is 12.0 Å². The summed E-state index contributed by atoms with van der Waals surface area (Å²) < 4.78 is 94.0. The fourth-order valence-electron chi connectivity index (χ4n) is 11.7. The van der Waals surface area contributed by atoms with E-state index in [0.29, 0.717) is 56.1 Å². The molecule has 1 saturated carbocycles. The van der Waals surface area contributed by atoms with Crippen molar-refractivity contribution >= 4 is 17.3 Å². The number of rotatable bonds is 16. The van der Waals surface area contributed by atoms with Gasteiger partial charge in [0, 0.05) is 46.3 Å². The lowest BCUT2D eigenvalue weighted by molar-refractivity contribution is -0.274. The van der Waals surface area contributed by atoms with Gasteiger partial charge in [0.15, 0.2) is 18.4 Å². The number of halogens is 3. The van der Waals surface area contributed by atoms with E-state index in [1.165, 1.54) is 12.1 Å². The first-order chi connectivity index (χ1) is 30.9. The van der Waals surface area contributed by atoms with Gasteiger partial charge in [-0.05, 0) is 131 Å². The van der Waals surface area contributed by atoms with Gasteiger partial charge < -0.3 is 47.5 Å². The van der Waals surface area contributed by atoms with Crippen LogP contribution in [0.5, 0.6) is 5.75 Å². The molecule has 3 fully saturated rings. The third-order valence-electron chi connectivity index (χ3n) is 14.9. The summed E-state index contributed by atoms with van der Waals surface area (Å²) in [4.78, 5) is 31.4. The predicted molar refractivity (Wildman–Crippen MR) is 237 cm³/mol. The average molecular weight is 922 g/mol. The van der Waals surface area contributed by atoms with Crippen LogP contribution in [0.3, 0.4) is 0 Å². The van der Waals surface area contributed by atoms with Gasteiger partial charge in [-0.2, -0.15) is 0 Å². The van der Waals surface area contributed by atoms with Crippen molar-refractivity contribution < 1.29 is 65.4 Å². The van der Waals surface area contributed by atoms with Crippen LogP contribution >= 0.6 is 0 Å². The van der Waals surface area contributed by atoms with E-state index in [4.69, 9.17) is 37.9 Å². The zero-order valence-corrected chi connectivity index (χ0v) is 40.2. The SMILES string of the molecule is CC[C@H]1CCC[C@H](O[C@H]2CC[C@H](N(C)C)C(C)O2)[C@@H](C)C(=O)C2=C[C@@H]3C(C(c4ccc(OC(F)(F)F)cc4)=CC4C[C@@H](OC(OC)C(OC)C(OC)C(OC)C(C)C)C[C@H]43)[C@@H]2CC(=O)O1. The van der Waals surface area contributed by atoms with Crippen LogP contribution in [0.15, 0.2) is 42.0 Å². The Balaban J connectivity index is 1.36. The van der Waals surface area contributed by atoms with Gasteiger partial charge in [0.1, 0.15) is 24.1 Å². The number of carbonyl (C=O) groups excluding carboxylic acids is 2. The molecule has 0 amide bonds. The summed E-state index contributed by atoms with van der Waals surface area (Å²) in [5, 5.41) is 0. The summed E-state index contributed by atoms with van der Waals surface area (Å²) in [6, 6.07) is 6.13. The van der Waals surface area contributed by atoms with Crippen molar-refractivity contribution in [2.45, 2.75) is 160 Å². The van der Waals surface area contributed by atoms with E-state index in [2.05, 4.69) is 42.8 Å². The topological polar surface area (TPSA) is 120 Å². The van der Waals surface area contributed by atoms with Crippen molar-refractivity contribution in [3.8, 4) is 5.75 Å². The monoisotopic (exact) mass is 922 g/mol. The zero-order valence-electron chi connectivity index (χ0n) is 40.2. The van der Waals surface area contributed by atoms with Crippen molar-refractivity contribution in [2.75, 3.05) is 42.5 Å². The maximum Gasteiger partial charge on any atom is 0.573 e. The van der Waals surface area contributed by atoms with Gasteiger partial charge in [0.25, 0.3) is 0 Å². The molecule has 366 valence electrons. The van der Waals surface area contributed by atoms with Crippen molar-refractivity contribution in [1.82, 2.24) is 4.90 Å². The Kier molecular flexibility index (Phi) is 17.8. The number of benzene rings is 1. The van der Waals surface area contributed by atoms with Gasteiger partial charge in [0.05, 0.1) is 30.8 Å².